The first-order valence-corrected chi connectivity index (χ1v) is 14.2. The van der Waals surface area contributed by atoms with Crippen molar-refractivity contribution in [3.63, 3.8) is 0 Å². The van der Waals surface area contributed by atoms with Gasteiger partial charge in [-0.2, -0.15) is 4.31 Å². The molecule has 0 atom stereocenters. The molecule has 0 N–H and O–H groups in total. The van der Waals surface area contributed by atoms with Crippen LogP contribution < -0.4 is 0 Å². The van der Waals surface area contributed by atoms with Crippen molar-refractivity contribution in [1.29, 1.82) is 0 Å². The Bertz CT molecular complexity index is 1290. The molecule has 3 rings (SSSR count). The predicted molar refractivity (Wildman–Crippen MR) is 147 cm³/mol. The van der Waals surface area contributed by atoms with E-state index in [0.29, 0.717) is 31.6 Å². The zero-order valence-electron chi connectivity index (χ0n) is 23.2. The van der Waals surface area contributed by atoms with Gasteiger partial charge in [0.1, 0.15) is 5.58 Å². The first-order chi connectivity index (χ1) is 17.2. The Balaban J connectivity index is 1.88. The van der Waals surface area contributed by atoms with Gasteiger partial charge in [0.25, 0.3) is 0 Å². The van der Waals surface area contributed by atoms with Crippen LogP contribution in [-0.4, -0.2) is 48.1 Å². The summed E-state index contributed by atoms with van der Waals surface area (Å²) in [6.45, 7) is 15.7. The number of pyridine rings is 1. The summed E-state index contributed by atoms with van der Waals surface area (Å²) in [5.74, 6) is 0.186. The molecular weight excluding hydrogens is 486 g/mol. The summed E-state index contributed by atoms with van der Waals surface area (Å²) >= 11 is 0. The van der Waals surface area contributed by atoms with Crippen LogP contribution >= 0.6 is 0 Å². The lowest BCUT2D eigenvalue weighted by Crippen LogP contribution is -2.47. The minimum atomic E-state index is -3.76. The van der Waals surface area contributed by atoms with Gasteiger partial charge in [0.05, 0.1) is 11.2 Å². The fraction of sp³-hybridized carbons (Fsp3) is 0.517. The Kier molecular flexibility index (Phi) is 8.85. The molecule has 7 nitrogen and oxygen atoms in total. The van der Waals surface area contributed by atoms with E-state index >= 15 is 0 Å². The molecule has 2 heterocycles. The normalized spacial score (nSPS) is 13.0. The topological polar surface area (TPSA) is 83.7 Å². The number of aromatic nitrogens is 1. The minimum absolute atomic E-state index is 0.0492. The van der Waals surface area contributed by atoms with Crippen LogP contribution in [0.25, 0.3) is 11.0 Å². The maximum absolute atomic E-state index is 13.8. The molecule has 1 amide bonds. The maximum atomic E-state index is 13.8. The summed E-state index contributed by atoms with van der Waals surface area (Å²) in [6, 6.07) is 10.5. The Labute approximate surface area is 221 Å². The molecule has 8 heteroatoms. The van der Waals surface area contributed by atoms with E-state index in [1.165, 1.54) is 0 Å². The molecule has 0 aliphatic rings. The van der Waals surface area contributed by atoms with Crippen LogP contribution in [0.2, 0.25) is 0 Å². The quantitative estimate of drug-likeness (QED) is 0.307. The Hall–Kier alpha value is -2.71. The zero-order chi connectivity index (χ0) is 27.4. The van der Waals surface area contributed by atoms with Crippen LogP contribution in [0.4, 0.5) is 0 Å². The SMILES string of the molecule is CC(C)CN(CC(C)(C)CN(Cc1cccnc1)C(=O)CC(C)(C)C)S(=O)(=O)c1ccc2occc2c1. The number of furan rings is 1. The largest absolute Gasteiger partial charge is 0.464 e. The molecule has 0 spiro atoms. The highest BCUT2D eigenvalue weighted by Gasteiger charge is 2.34. The Morgan fingerprint density at radius 1 is 1.05 bits per heavy atom. The van der Waals surface area contributed by atoms with Gasteiger partial charge in [-0.3, -0.25) is 9.78 Å². The standard InChI is InChI=1S/C29H41N3O4S/c1-22(2)18-32(37(34,35)25-10-11-26-24(15-25)12-14-36-26)21-29(6,7)20-31(27(33)16-28(3,4)5)19-23-9-8-13-30-17-23/h8-15,17,22H,16,18-21H2,1-7H3. The van der Waals surface area contributed by atoms with Gasteiger partial charge in [-0.15, -0.1) is 0 Å². The third-order valence-corrected chi connectivity index (χ3v) is 7.79. The van der Waals surface area contributed by atoms with Crippen LogP contribution in [0.5, 0.6) is 0 Å². The van der Waals surface area contributed by atoms with Crippen molar-refractivity contribution in [2.75, 3.05) is 19.6 Å². The first-order valence-electron chi connectivity index (χ1n) is 12.8. The van der Waals surface area contributed by atoms with Gasteiger partial charge in [-0.1, -0.05) is 54.5 Å². The van der Waals surface area contributed by atoms with Crippen molar-refractivity contribution in [1.82, 2.24) is 14.2 Å². The lowest BCUT2D eigenvalue weighted by Gasteiger charge is -2.37. The summed E-state index contributed by atoms with van der Waals surface area (Å²) in [6.07, 6.45) is 5.44. The molecule has 202 valence electrons. The van der Waals surface area contributed by atoms with Gasteiger partial charge >= 0.3 is 0 Å². The van der Waals surface area contributed by atoms with E-state index in [4.69, 9.17) is 4.42 Å². The van der Waals surface area contributed by atoms with Crippen LogP contribution in [-0.2, 0) is 21.4 Å². The molecule has 0 saturated carbocycles. The number of benzene rings is 1. The third kappa shape index (κ3) is 8.14. The lowest BCUT2D eigenvalue weighted by atomic mass is 9.89. The number of rotatable bonds is 11. The highest BCUT2D eigenvalue weighted by molar-refractivity contribution is 7.89. The molecule has 37 heavy (non-hydrogen) atoms. The number of carbonyl (C=O) groups is 1. The number of sulfonamides is 1. The number of hydrogen-bond donors (Lipinski definition) is 0. The lowest BCUT2D eigenvalue weighted by molar-refractivity contribution is -0.135. The Morgan fingerprint density at radius 3 is 2.41 bits per heavy atom. The van der Waals surface area contributed by atoms with Crippen LogP contribution in [0.1, 0.15) is 60.5 Å². The van der Waals surface area contributed by atoms with E-state index in [1.807, 2.05) is 65.5 Å². The van der Waals surface area contributed by atoms with Crippen LogP contribution in [0.15, 0.2) is 64.4 Å². The predicted octanol–water partition coefficient (Wildman–Crippen LogP) is 5.97. The number of hydrogen-bond acceptors (Lipinski definition) is 5. The molecule has 2 aromatic heterocycles. The van der Waals surface area contributed by atoms with E-state index in [0.717, 1.165) is 10.9 Å². The van der Waals surface area contributed by atoms with E-state index in [9.17, 15) is 13.2 Å². The second kappa shape index (κ2) is 11.4. The van der Waals surface area contributed by atoms with E-state index < -0.39 is 15.4 Å². The Morgan fingerprint density at radius 2 is 1.78 bits per heavy atom. The van der Waals surface area contributed by atoms with Crippen LogP contribution in [0.3, 0.4) is 0 Å². The highest BCUT2D eigenvalue weighted by Crippen LogP contribution is 2.29. The van der Waals surface area contributed by atoms with Crippen molar-refractivity contribution in [3.8, 4) is 0 Å². The van der Waals surface area contributed by atoms with Crippen molar-refractivity contribution < 1.29 is 17.6 Å². The second-order valence-corrected chi connectivity index (χ2v) is 14.3. The minimum Gasteiger partial charge on any atom is -0.464 e. The summed E-state index contributed by atoms with van der Waals surface area (Å²) in [5, 5.41) is 0.750. The highest BCUT2D eigenvalue weighted by atomic mass is 32.2. The average Bonchev–Trinajstić information content (AvgIpc) is 3.25. The summed E-state index contributed by atoms with van der Waals surface area (Å²) in [4.78, 5) is 19.7. The van der Waals surface area contributed by atoms with Gasteiger partial charge in [0.2, 0.25) is 15.9 Å². The van der Waals surface area contributed by atoms with Gasteiger partial charge in [-0.05, 0) is 52.6 Å². The van der Waals surface area contributed by atoms with Crippen molar-refractivity contribution >= 4 is 26.9 Å². The molecule has 3 aromatic rings. The number of nitrogens with zero attached hydrogens (tertiary/aromatic N) is 3. The second-order valence-electron chi connectivity index (χ2n) is 12.3. The van der Waals surface area contributed by atoms with Gasteiger partial charge in [-0.25, -0.2) is 8.42 Å². The molecule has 0 bridgehead atoms. The molecular formula is C29H41N3O4S. The zero-order valence-corrected chi connectivity index (χ0v) is 24.0. The summed E-state index contributed by atoms with van der Waals surface area (Å²) in [5.41, 5.74) is 0.934. The maximum Gasteiger partial charge on any atom is 0.243 e. The van der Waals surface area contributed by atoms with Crippen molar-refractivity contribution in [3.05, 3.63) is 60.6 Å². The molecule has 1 aromatic carbocycles. The van der Waals surface area contributed by atoms with Gasteiger partial charge < -0.3 is 9.32 Å². The molecule has 0 saturated heterocycles. The average molecular weight is 528 g/mol. The summed E-state index contributed by atoms with van der Waals surface area (Å²) < 4.78 is 34.6. The smallest absolute Gasteiger partial charge is 0.243 e. The molecule has 0 aliphatic heterocycles. The molecule has 0 radical (unpaired) electrons. The van der Waals surface area contributed by atoms with E-state index in [-0.39, 0.29) is 28.7 Å². The van der Waals surface area contributed by atoms with Crippen molar-refractivity contribution in [2.24, 2.45) is 16.7 Å². The molecule has 0 aliphatic carbocycles. The first kappa shape index (κ1) is 28.9. The van der Waals surface area contributed by atoms with Gasteiger partial charge in [0.15, 0.2) is 0 Å². The number of amides is 1. The van der Waals surface area contributed by atoms with Crippen LogP contribution in [0, 0.1) is 16.7 Å². The van der Waals surface area contributed by atoms with E-state index in [2.05, 4.69) is 4.98 Å². The number of fused-ring (bicyclic) bond motifs is 1. The van der Waals surface area contributed by atoms with E-state index in [1.54, 1.807) is 47.2 Å². The van der Waals surface area contributed by atoms with Gasteiger partial charge in [0, 0.05) is 50.4 Å². The summed E-state index contributed by atoms with van der Waals surface area (Å²) in [7, 11) is -3.76. The molecule has 0 fully saturated rings. The fourth-order valence-electron chi connectivity index (χ4n) is 4.46. The monoisotopic (exact) mass is 527 g/mol. The number of carbonyl (C=O) groups excluding carboxylic acids is 1. The van der Waals surface area contributed by atoms with Crippen molar-refractivity contribution in [2.45, 2.75) is 66.3 Å². The fourth-order valence-corrected chi connectivity index (χ4v) is 6.29. The third-order valence-electron chi connectivity index (χ3n) is 5.98. The molecule has 0 unspecified atom stereocenters.